The number of nitriles is 1. The highest BCUT2D eigenvalue weighted by atomic mass is 16.5. The summed E-state index contributed by atoms with van der Waals surface area (Å²) in [6.07, 6.45) is 7.15. The average molecular weight is 356 g/mol. The normalized spacial score (nSPS) is 36.6. The van der Waals surface area contributed by atoms with Crippen LogP contribution in [0.5, 0.6) is 0 Å². The van der Waals surface area contributed by atoms with Crippen LogP contribution in [0, 0.1) is 28.6 Å². The molecule has 0 aromatic carbocycles. The highest BCUT2D eigenvalue weighted by Gasteiger charge is 2.50. The standard InChI is InChI=1S/C21H28N2O3/c1-13-6-7-18-20(17(13)5-4-10-22)23-19(25)12-15-11-16(26-14(2)24)8-9-21(15,18)3/h12,16-18,20H,1,4-9,11H2,2-3H3,(H,23,25)/t16-,17?,18-,20-,21-/m0/s1. The molecule has 1 N–H and O–H groups in total. The molecule has 140 valence electrons. The van der Waals surface area contributed by atoms with Crippen molar-refractivity contribution in [2.24, 2.45) is 17.3 Å². The first-order chi connectivity index (χ1) is 12.3. The summed E-state index contributed by atoms with van der Waals surface area (Å²) in [5.74, 6) is 0.153. The fourth-order valence-electron chi connectivity index (χ4n) is 5.31. The first kappa shape index (κ1) is 18.7. The van der Waals surface area contributed by atoms with Crippen LogP contribution in [0.15, 0.2) is 23.8 Å². The Balaban J connectivity index is 1.89. The molecule has 3 aliphatic rings. The van der Waals surface area contributed by atoms with Crippen LogP contribution in [0.4, 0.5) is 0 Å². The summed E-state index contributed by atoms with van der Waals surface area (Å²) in [5.41, 5.74) is 2.18. The van der Waals surface area contributed by atoms with Gasteiger partial charge in [0.1, 0.15) is 6.10 Å². The number of hydrogen-bond acceptors (Lipinski definition) is 4. The fraction of sp³-hybridized carbons (Fsp3) is 0.667. The van der Waals surface area contributed by atoms with Crippen molar-refractivity contribution in [3.05, 3.63) is 23.8 Å². The van der Waals surface area contributed by atoms with Crippen LogP contribution in [0.2, 0.25) is 0 Å². The summed E-state index contributed by atoms with van der Waals surface area (Å²) in [6.45, 7) is 7.93. The molecule has 26 heavy (non-hydrogen) atoms. The van der Waals surface area contributed by atoms with Gasteiger partial charge in [0.2, 0.25) is 5.91 Å². The SMILES string of the molecule is C=C1CC[C@H]2[C@@H](NC(=O)C=C3C[C@@H](OC(C)=O)CC[C@@]32C)C1CCC#N. The monoisotopic (exact) mass is 356 g/mol. The topological polar surface area (TPSA) is 79.2 Å². The molecular weight excluding hydrogens is 328 g/mol. The lowest BCUT2D eigenvalue weighted by Gasteiger charge is -2.50. The van der Waals surface area contributed by atoms with E-state index in [0.29, 0.717) is 18.8 Å². The summed E-state index contributed by atoms with van der Waals surface area (Å²) in [4.78, 5) is 23.9. The molecule has 0 aromatic rings. The molecule has 0 radical (unpaired) electrons. The molecule has 5 nitrogen and oxygen atoms in total. The van der Waals surface area contributed by atoms with E-state index in [2.05, 4.69) is 24.9 Å². The second kappa shape index (κ2) is 7.26. The Labute approximate surface area is 155 Å². The van der Waals surface area contributed by atoms with E-state index in [1.54, 1.807) is 6.08 Å². The minimum Gasteiger partial charge on any atom is -0.462 e. The van der Waals surface area contributed by atoms with Crippen molar-refractivity contribution in [3.8, 4) is 6.07 Å². The third-order valence-electron chi connectivity index (χ3n) is 6.67. The van der Waals surface area contributed by atoms with Crippen LogP contribution in [0.3, 0.4) is 0 Å². The Morgan fingerprint density at radius 1 is 1.50 bits per heavy atom. The van der Waals surface area contributed by atoms with E-state index >= 15 is 0 Å². The van der Waals surface area contributed by atoms with Crippen LogP contribution < -0.4 is 5.32 Å². The van der Waals surface area contributed by atoms with Crippen molar-refractivity contribution in [1.29, 1.82) is 5.26 Å². The number of carbonyl (C=O) groups is 2. The fourth-order valence-corrected chi connectivity index (χ4v) is 5.31. The van der Waals surface area contributed by atoms with Gasteiger partial charge in [-0.25, -0.2) is 0 Å². The van der Waals surface area contributed by atoms with Crippen molar-refractivity contribution in [3.63, 3.8) is 0 Å². The van der Waals surface area contributed by atoms with Crippen LogP contribution in [-0.2, 0) is 14.3 Å². The van der Waals surface area contributed by atoms with Crippen LogP contribution in [-0.4, -0.2) is 24.0 Å². The van der Waals surface area contributed by atoms with Gasteiger partial charge in [0.05, 0.1) is 6.07 Å². The van der Waals surface area contributed by atoms with E-state index in [-0.39, 0.29) is 35.4 Å². The Bertz CT molecular complexity index is 690. The van der Waals surface area contributed by atoms with E-state index in [1.165, 1.54) is 6.92 Å². The molecule has 2 aliphatic carbocycles. The van der Waals surface area contributed by atoms with Gasteiger partial charge >= 0.3 is 5.97 Å². The highest BCUT2D eigenvalue weighted by Crippen LogP contribution is 2.54. The summed E-state index contributed by atoms with van der Waals surface area (Å²) in [6, 6.07) is 2.26. The number of carbonyl (C=O) groups excluding carboxylic acids is 2. The van der Waals surface area contributed by atoms with Crippen molar-refractivity contribution >= 4 is 11.9 Å². The Morgan fingerprint density at radius 3 is 2.96 bits per heavy atom. The van der Waals surface area contributed by atoms with Crippen molar-refractivity contribution in [1.82, 2.24) is 5.32 Å². The zero-order valence-electron chi connectivity index (χ0n) is 15.7. The third-order valence-corrected chi connectivity index (χ3v) is 6.67. The largest absolute Gasteiger partial charge is 0.462 e. The number of rotatable bonds is 3. The van der Waals surface area contributed by atoms with Crippen LogP contribution >= 0.6 is 0 Å². The van der Waals surface area contributed by atoms with Crippen molar-refractivity contribution in [2.75, 3.05) is 0 Å². The Morgan fingerprint density at radius 2 is 2.27 bits per heavy atom. The van der Waals surface area contributed by atoms with Gasteiger partial charge in [-0.05, 0) is 43.4 Å². The molecule has 1 amide bonds. The molecule has 2 saturated carbocycles. The first-order valence-electron chi connectivity index (χ1n) is 9.58. The molecule has 1 aliphatic heterocycles. The minimum absolute atomic E-state index is 0.0288. The number of nitrogens with zero attached hydrogens (tertiary/aromatic N) is 1. The predicted octanol–water partition coefficient (Wildman–Crippen LogP) is 3.42. The summed E-state index contributed by atoms with van der Waals surface area (Å²) >= 11 is 0. The molecular formula is C21H28N2O3. The van der Waals surface area contributed by atoms with Crippen molar-refractivity contribution < 1.29 is 14.3 Å². The van der Waals surface area contributed by atoms with E-state index in [4.69, 9.17) is 10.00 Å². The second-order valence-corrected chi connectivity index (χ2v) is 8.20. The van der Waals surface area contributed by atoms with Gasteiger partial charge in [0, 0.05) is 37.8 Å². The van der Waals surface area contributed by atoms with Gasteiger partial charge < -0.3 is 10.1 Å². The Hall–Kier alpha value is -2.09. The second-order valence-electron chi connectivity index (χ2n) is 8.20. The predicted molar refractivity (Wildman–Crippen MR) is 97.7 cm³/mol. The van der Waals surface area contributed by atoms with Gasteiger partial charge in [0.15, 0.2) is 0 Å². The third kappa shape index (κ3) is 3.42. The van der Waals surface area contributed by atoms with E-state index in [1.807, 2.05) is 0 Å². The maximum absolute atomic E-state index is 12.6. The lowest BCUT2D eigenvalue weighted by molar-refractivity contribution is -0.148. The molecule has 1 heterocycles. The lowest BCUT2D eigenvalue weighted by Crippen LogP contribution is -2.52. The molecule has 3 rings (SSSR count). The number of amides is 1. The first-order valence-corrected chi connectivity index (χ1v) is 9.58. The number of ether oxygens (including phenoxy) is 1. The molecule has 0 spiro atoms. The Kier molecular flexibility index (Phi) is 5.22. The van der Waals surface area contributed by atoms with E-state index < -0.39 is 0 Å². The molecule has 1 unspecified atom stereocenters. The summed E-state index contributed by atoms with van der Waals surface area (Å²) < 4.78 is 5.43. The number of hydrogen-bond donors (Lipinski definition) is 1. The summed E-state index contributed by atoms with van der Waals surface area (Å²) in [5, 5.41) is 12.2. The molecule has 5 atom stereocenters. The molecule has 5 heteroatoms. The van der Waals surface area contributed by atoms with Gasteiger partial charge in [-0.1, -0.05) is 24.6 Å². The summed E-state index contributed by atoms with van der Waals surface area (Å²) in [7, 11) is 0. The zero-order valence-corrected chi connectivity index (χ0v) is 15.7. The van der Waals surface area contributed by atoms with Gasteiger partial charge in [-0.2, -0.15) is 5.26 Å². The lowest BCUT2D eigenvalue weighted by atomic mass is 9.56. The minimum atomic E-state index is -0.263. The molecule has 2 fully saturated rings. The van der Waals surface area contributed by atoms with Crippen molar-refractivity contribution in [2.45, 2.75) is 70.9 Å². The highest BCUT2D eigenvalue weighted by molar-refractivity contribution is 5.89. The average Bonchev–Trinajstić information content (AvgIpc) is 2.67. The van der Waals surface area contributed by atoms with Crippen LogP contribution in [0.25, 0.3) is 0 Å². The van der Waals surface area contributed by atoms with Gasteiger partial charge in [0.25, 0.3) is 0 Å². The van der Waals surface area contributed by atoms with E-state index in [9.17, 15) is 9.59 Å². The quantitative estimate of drug-likeness (QED) is 0.621. The smallest absolute Gasteiger partial charge is 0.302 e. The van der Waals surface area contributed by atoms with Gasteiger partial charge in [-0.3, -0.25) is 9.59 Å². The van der Waals surface area contributed by atoms with Gasteiger partial charge in [-0.15, -0.1) is 0 Å². The number of nitrogens with one attached hydrogen (secondary N) is 1. The maximum Gasteiger partial charge on any atom is 0.302 e. The maximum atomic E-state index is 12.6. The molecule has 0 saturated heterocycles. The van der Waals surface area contributed by atoms with Crippen LogP contribution in [0.1, 0.15) is 58.8 Å². The molecule has 0 bridgehead atoms. The molecule has 0 aromatic heterocycles. The number of esters is 1. The van der Waals surface area contributed by atoms with E-state index in [0.717, 1.165) is 43.3 Å². The zero-order chi connectivity index (χ0) is 18.9. The number of fused-ring (bicyclic) bond motifs is 3.